The molecule has 2 rings (SSSR count). The number of hydrogen-bond acceptors (Lipinski definition) is 1. The van der Waals surface area contributed by atoms with Gasteiger partial charge in [-0.05, 0) is 6.42 Å². The van der Waals surface area contributed by atoms with E-state index < -0.39 is 8.07 Å². The van der Waals surface area contributed by atoms with Crippen LogP contribution in [-0.4, -0.2) is 19.9 Å². The third kappa shape index (κ3) is 2.38. The summed E-state index contributed by atoms with van der Waals surface area (Å²) in [7, 11) is -1.38. The largest absolute Gasteiger partial charge is 0.373 e. The van der Waals surface area contributed by atoms with Gasteiger partial charge in [0.1, 0.15) is 8.07 Å². The summed E-state index contributed by atoms with van der Waals surface area (Å²) in [4.78, 5) is 0. The summed E-state index contributed by atoms with van der Waals surface area (Å²) in [6.07, 6.45) is 4.40. The van der Waals surface area contributed by atoms with Crippen molar-refractivity contribution in [1.29, 1.82) is 0 Å². The van der Waals surface area contributed by atoms with Crippen LogP contribution in [-0.2, 0) is 4.74 Å². The van der Waals surface area contributed by atoms with Gasteiger partial charge in [-0.15, -0.1) is 0 Å². The average Bonchev–Trinajstić information content (AvgIpc) is 3.07. The van der Waals surface area contributed by atoms with Crippen molar-refractivity contribution in [3.8, 4) is 0 Å². The predicted octanol–water partition coefficient (Wildman–Crippen LogP) is 3.10. The van der Waals surface area contributed by atoms with E-state index in [2.05, 4.69) is 50.3 Å². The molecule has 0 amide bonds. The third-order valence-electron chi connectivity index (χ3n) is 3.65. The van der Waals surface area contributed by atoms with Crippen LogP contribution >= 0.6 is 0 Å². The Hall–Kier alpha value is -0.603. The molecule has 1 nitrogen and oxygen atoms in total. The second-order valence-electron chi connectivity index (χ2n) is 5.33. The zero-order valence-electron chi connectivity index (χ0n) is 10.6. The van der Waals surface area contributed by atoms with Crippen molar-refractivity contribution in [2.45, 2.75) is 51.1 Å². The maximum atomic E-state index is 5.90. The van der Waals surface area contributed by atoms with E-state index >= 15 is 0 Å². The van der Waals surface area contributed by atoms with E-state index in [-0.39, 0.29) is 0 Å². The molecule has 1 aliphatic heterocycles. The molecule has 0 aliphatic carbocycles. The maximum absolute atomic E-state index is 5.90. The zero-order valence-corrected chi connectivity index (χ0v) is 11.6. The molecule has 0 spiro atoms. The van der Waals surface area contributed by atoms with E-state index in [1.54, 1.807) is 0 Å². The normalized spacial score (nSPS) is 24.4. The van der Waals surface area contributed by atoms with E-state index in [1.807, 2.05) is 0 Å². The van der Waals surface area contributed by atoms with Crippen molar-refractivity contribution < 1.29 is 4.74 Å². The molecule has 1 aliphatic rings. The number of rotatable bonds is 5. The van der Waals surface area contributed by atoms with Crippen LogP contribution in [0.5, 0.6) is 0 Å². The third-order valence-corrected chi connectivity index (χ3v) is 7.41. The van der Waals surface area contributed by atoms with E-state index in [0.29, 0.717) is 11.8 Å². The zero-order chi connectivity index (χ0) is 11.6. The Morgan fingerprint density at radius 3 is 2.50 bits per heavy atom. The molecule has 0 bridgehead atoms. The molecule has 1 saturated heterocycles. The first-order chi connectivity index (χ1) is 7.66. The summed E-state index contributed by atoms with van der Waals surface area (Å²) in [5.41, 5.74) is 0.557. The molecule has 0 aromatic heterocycles. The van der Waals surface area contributed by atoms with Crippen LogP contribution in [0, 0.1) is 0 Å². The number of epoxide rings is 1. The van der Waals surface area contributed by atoms with Gasteiger partial charge in [0.05, 0.1) is 11.8 Å². The molecule has 1 aromatic carbocycles. The molecule has 16 heavy (non-hydrogen) atoms. The van der Waals surface area contributed by atoms with Crippen molar-refractivity contribution in [3.63, 3.8) is 0 Å². The lowest BCUT2D eigenvalue weighted by atomic mass is 10.2. The Morgan fingerprint density at radius 1 is 1.19 bits per heavy atom. The van der Waals surface area contributed by atoms with Crippen molar-refractivity contribution in [3.05, 3.63) is 30.3 Å². The van der Waals surface area contributed by atoms with Gasteiger partial charge in [-0.25, -0.2) is 0 Å². The summed E-state index contributed by atoms with van der Waals surface area (Å²) < 4.78 is 5.90. The molecule has 1 heterocycles. The van der Waals surface area contributed by atoms with Crippen molar-refractivity contribution in [2.75, 3.05) is 0 Å². The molecule has 88 valence electrons. The molecular formula is C14H22OSi. The van der Waals surface area contributed by atoms with Gasteiger partial charge in [-0.1, -0.05) is 68.4 Å². The predicted molar refractivity (Wildman–Crippen MR) is 71.7 cm³/mol. The summed E-state index contributed by atoms with van der Waals surface area (Å²) in [5, 5.41) is 1.53. The Bertz CT molecular complexity index is 334. The minimum atomic E-state index is -1.38. The van der Waals surface area contributed by atoms with Crippen LogP contribution < -0.4 is 5.19 Å². The van der Waals surface area contributed by atoms with Gasteiger partial charge in [0.25, 0.3) is 0 Å². The SMILES string of the molecule is CCCC[C@@H]1O[C@@H]1[Si](C)(C)c1ccccc1. The van der Waals surface area contributed by atoms with Gasteiger partial charge >= 0.3 is 0 Å². The molecule has 0 N–H and O–H groups in total. The highest BCUT2D eigenvalue weighted by atomic mass is 28.3. The van der Waals surface area contributed by atoms with Crippen LogP contribution in [0.1, 0.15) is 26.2 Å². The van der Waals surface area contributed by atoms with Gasteiger partial charge in [-0.2, -0.15) is 0 Å². The van der Waals surface area contributed by atoms with E-state index in [1.165, 1.54) is 24.4 Å². The highest BCUT2D eigenvalue weighted by Crippen LogP contribution is 2.34. The van der Waals surface area contributed by atoms with Gasteiger partial charge in [0.2, 0.25) is 0 Å². The van der Waals surface area contributed by atoms with E-state index in [0.717, 1.165) is 0 Å². The minimum absolute atomic E-state index is 0.557. The van der Waals surface area contributed by atoms with Crippen LogP contribution in [0.3, 0.4) is 0 Å². The number of ether oxygens (including phenoxy) is 1. The summed E-state index contributed by atoms with van der Waals surface area (Å²) in [5.74, 6) is 0. The Labute approximate surface area is 99.8 Å². The van der Waals surface area contributed by atoms with Crippen LogP contribution in [0.15, 0.2) is 30.3 Å². The smallest absolute Gasteiger partial charge is 0.116 e. The monoisotopic (exact) mass is 234 g/mol. The molecule has 2 heteroatoms. The van der Waals surface area contributed by atoms with Crippen molar-refractivity contribution in [1.82, 2.24) is 0 Å². The summed E-state index contributed by atoms with van der Waals surface area (Å²) >= 11 is 0. The van der Waals surface area contributed by atoms with E-state index in [4.69, 9.17) is 4.74 Å². The fourth-order valence-corrected chi connectivity index (χ4v) is 5.43. The van der Waals surface area contributed by atoms with Gasteiger partial charge in [-0.3, -0.25) is 0 Å². The lowest BCUT2D eigenvalue weighted by molar-refractivity contribution is 0.380. The van der Waals surface area contributed by atoms with Crippen LogP contribution in [0.4, 0.5) is 0 Å². The lowest BCUT2D eigenvalue weighted by Gasteiger charge is -2.20. The van der Waals surface area contributed by atoms with Gasteiger partial charge in [0.15, 0.2) is 0 Å². The average molecular weight is 234 g/mol. The molecule has 1 aromatic rings. The maximum Gasteiger partial charge on any atom is 0.116 e. The van der Waals surface area contributed by atoms with Crippen LogP contribution in [0.25, 0.3) is 0 Å². The molecular weight excluding hydrogens is 212 g/mol. The topological polar surface area (TPSA) is 12.5 Å². The summed E-state index contributed by atoms with van der Waals surface area (Å²) in [6.45, 7) is 7.11. The molecule has 0 unspecified atom stereocenters. The second kappa shape index (κ2) is 4.72. The van der Waals surface area contributed by atoms with Gasteiger partial charge in [0, 0.05) is 0 Å². The first-order valence-electron chi connectivity index (χ1n) is 6.37. The molecule has 2 atom stereocenters. The first kappa shape index (κ1) is 11.9. The fourth-order valence-electron chi connectivity index (χ4n) is 2.43. The highest BCUT2D eigenvalue weighted by molar-refractivity contribution is 6.91. The minimum Gasteiger partial charge on any atom is -0.373 e. The van der Waals surface area contributed by atoms with Gasteiger partial charge < -0.3 is 4.74 Å². The lowest BCUT2D eigenvalue weighted by Crippen LogP contribution is -2.48. The summed E-state index contributed by atoms with van der Waals surface area (Å²) in [6, 6.07) is 10.9. The highest BCUT2D eigenvalue weighted by Gasteiger charge is 2.50. The molecule has 0 saturated carbocycles. The number of hydrogen-bond donors (Lipinski definition) is 0. The van der Waals surface area contributed by atoms with E-state index in [9.17, 15) is 0 Å². The number of benzene rings is 1. The standard InChI is InChI=1S/C14H22OSi/c1-4-5-11-13-14(15-13)16(2,3)12-9-7-6-8-10-12/h6-10,13-14H,4-5,11H2,1-3H3/t13-,14+/m0/s1. The second-order valence-corrected chi connectivity index (χ2v) is 9.91. The Balaban J connectivity index is 1.99. The fraction of sp³-hybridized carbons (Fsp3) is 0.571. The molecule has 0 radical (unpaired) electrons. The van der Waals surface area contributed by atoms with Crippen molar-refractivity contribution in [2.24, 2.45) is 0 Å². The molecule has 1 fully saturated rings. The number of unbranched alkanes of at least 4 members (excludes halogenated alkanes) is 1. The first-order valence-corrected chi connectivity index (χ1v) is 9.45. The Kier molecular flexibility index (Phi) is 3.50. The van der Waals surface area contributed by atoms with Crippen molar-refractivity contribution >= 4 is 13.3 Å². The quantitative estimate of drug-likeness (QED) is 0.563. The Morgan fingerprint density at radius 2 is 1.88 bits per heavy atom. The van der Waals surface area contributed by atoms with Crippen LogP contribution in [0.2, 0.25) is 13.1 Å².